The van der Waals surface area contributed by atoms with Gasteiger partial charge in [0.1, 0.15) is 0 Å². The van der Waals surface area contributed by atoms with E-state index < -0.39 is 32.8 Å². The Bertz CT molecular complexity index is 1510. The van der Waals surface area contributed by atoms with Crippen molar-refractivity contribution in [1.82, 2.24) is 14.8 Å². The minimum absolute atomic E-state index is 0.118. The summed E-state index contributed by atoms with van der Waals surface area (Å²) in [6, 6.07) is 14.0. The van der Waals surface area contributed by atoms with Crippen molar-refractivity contribution >= 4 is 33.4 Å². The predicted octanol–water partition coefficient (Wildman–Crippen LogP) is 5.12. The molecule has 4 rings (SSSR count). The molecule has 13 heteroatoms. The largest absolute Gasteiger partial charge is 0.465 e. The van der Waals surface area contributed by atoms with E-state index in [-0.39, 0.29) is 22.8 Å². The second-order valence-corrected chi connectivity index (χ2v) is 9.94. The van der Waals surface area contributed by atoms with Crippen LogP contribution in [0.1, 0.15) is 21.5 Å². The second-order valence-electron chi connectivity index (χ2n) is 7.67. The number of ether oxygens (including phenoxy) is 1. The number of esters is 1. The maximum absolute atomic E-state index is 13.7. The van der Waals surface area contributed by atoms with Gasteiger partial charge in [-0.15, -0.1) is 0 Å². The number of sulfonamides is 1. The second kappa shape index (κ2) is 10.2. The molecule has 0 aliphatic heterocycles. The Labute approximate surface area is 214 Å². The van der Waals surface area contributed by atoms with Crippen LogP contribution in [0.15, 0.2) is 84.1 Å². The van der Waals surface area contributed by atoms with Crippen molar-refractivity contribution < 1.29 is 31.1 Å². The van der Waals surface area contributed by atoms with E-state index in [0.29, 0.717) is 23.5 Å². The molecule has 0 aliphatic rings. The van der Waals surface area contributed by atoms with E-state index in [1.807, 2.05) is 0 Å². The lowest BCUT2D eigenvalue weighted by Gasteiger charge is -2.25. The van der Waals surface area contributed by atoms with Gasteiger partial charge in [-0.3, -0.25) is 0 Å². The Morgan fingerprint density at radius 2 is 1.78 bits per heavy atom. The summed E-state index contributed by atoms with van der Waals surface area (Å²) in [4.78, 5) is 15.3. The number of methoxy groups -OCH3 is 1. The number of halogens is 4. The van der Waals surface area contributed by atoms with E-state index in [9.17, 15) is 26.4 Å². The molecule has 4 aromatic rings. The van der Waals surface area contributed by atoms with Gasteiger partial charge in [-0.2, -0.15) is 18.3 Å². The molecule has 0 aliphatic carbocycles. The number of carbonyl (C=O) groups excluding carboxylic acids is 1. The van der Waals surface area contributed by atoms with E-state index in [1.54, 1.807) is 47.4 Å². The molecular formula is C24H18ClF3N4O4S. The van der Waals surface area contributed by atoms with Gasteiger partial charge in [0.2, 0.25) is 0 Å². The van der Waals surface area contributed by atoms with Crippen LogP contribution in [0.5, 0.6) is 0 Å². The molecule has 0 saturated carbocycles. The Hall–Kier alpha value is -3.90. The lowest BCUT2D eigenvalue weighted by Crippen LogP contribution is -2.32. The van der Waals surface area contributed by atoms with E-state index in [0.717, 1.165) is 4.31 Å². The zero-order chi connectivity index (χ0) is 26.8. The predicted molar refractivity (Wildman–Crippen MR) is 129 cm³/mol. The van der Waals surface area contributed by atoms with Gasteiger partial charge in [0, 0.05) is 18.6 Å². The van der Waals surface area contributed by atoms with Crippen LogP contribution >= 0.6 is 11.6 Å². The number of hydrogen-bond acceptors (Lipinski definition) is 6. The summed E-state index contributed by atoms with van der Waals surface area (Å²) in [7, 11) is -3.21. The molecule has 2 aromatic heterocycles. The molecule has 192 valence electrons. The monoisotopic (exact) mass is 550 g/mol. The van der Waals surface area contributed by atoms with Crippen LogP contribution in [0, 0.1) is 0 Å². The third-order valence-electron chi connectivity index (χ3n) is 5.28. The molecular weight excluding hydrogens is 533 g/mol. The van der Waals surface area contributed by atoms with Gasteiger partial charge in [0.25, 0.3) is 10.0 Å². The fraction of sp³-hybridized carbons (Fsp3) is 0.125. The first-order valence-electron chi connectivity index (χ1n) is 10.5. The Morgan fingerprint density at radius 3 is 2.32 bits per heavy atom. The van der Waals surface area contributed by atoms with Gasteiger partial charge in [0.05, 0.1) is 40.4 Å². The molecule has 0 N–H and O–H groups in total. The van der Waals surface area contributed by atoms with Crippen molar-refractivity contribution in [3.63, 3.8) is 0 Å². The maximum Gasteiger partial charge on any atom is 0.417 e. The minimum atomic E-state index is -4.72. The van der Waals surface area contributed by atoms with Crippen molar-refractivity contribution in [2.75, 3.05) is 11.4 Å². The van der Waals surface area contributed by atoms with Gasteiger partial charge in [-0.05, 0) is 54.1 Å². The van der Waals surface area contributed by atoms with Gasteiger partial charge < -0.3 is 4.74 Å². The molecule has 2 heterocycles. The van der Waals surface area contributed by atoms with Crippen molar-refractivity contribution in [3.05, 3.63) is 101 Å². The van der Waals surface area contributed by atoms with Crippen molar-refractivity contribution in [2.24, 2.45) is 0 Å². The molecule has 0 bridgehead atoms. The minimum Gasteiger partial charge on any atom is -0.465 e. The number of carbonyl (C=O) groups is 1. The number of rotatable bonds is 7. The summed E-state index contributed by atoms with van der Waals surface area (Å²) < 4.78 is 73.8. The summed E-state index contributed by atoms with van der Waals surface area (Å²) in [6.45, 7) is -0.293. The molecule has 8 nitrogen and oxygen atoms in total. The highest BCUT2D eigenvalue weighted by Gasteiger charge is 2.34. The highest BCUT2D eigenvalue weighted by molar-refractivity contribution is 7.92. The summed E-state index contributed by atoms with van der Waals surface area (Å²) in [6.07, 6.45) is -0.864. The zero-order valence-electron chi connectivity index (χ0n) is 19.1. The molecule has 0 fully saturated rings. The highest BCUT2D eigenvalue weighted by atomic mass is 35.5. The number of aromatic nitrogens is 3. The average Bonchev–Trinajstić information content (AvgIpc) is 3.42. The molecule has 0 atom stereocenters. The number of nitrogens with zero attached hydrogens (tertiary/aromatic N) is 4. The summed E-state index contributed by atoms with van der Waals surface area (Å²) >= 11 is 6.13. The normalized spacial score (nSPS) is 11.8. The van der Waals surface area contributed by atoms with E-state index >= 15 is 0 Å². The maximum atomic E-state index is 13.7. The standard InChI is InChI=1S/C24H18ClF3N4O4S/c1-36-23(33)17-5-9-20(10-6-17)37(34,35)32(22-21(25)13-18(14-29-22)24(26,27)28)15-16-3-7-19(8-4-16)31-12-2-11-30-31/h2-14H,15H2,1H3. The van der Waals surface area contributed by atoms with Crippen LogP contribution in [0.25, 0.3) is 5.69 Å². The fourth-order valence-corrected chi connectivity index (χ4v) is 5.14. The van der Waals surface area contributed by atoms with Gasteiger partial charge in [-0.25, -0.2) is 27.2 Å². The number of pyridine rings is 1. The number of hydrogen-bond donors (Lipinski definition) is 0. The van der Waals surface area contributed by atoms with Crippen LogP contribution in [0.2, 0.25) is 5.02 Å². The molecule has 37 heavy (non-hydrogen) atoms. The van der Waals surface area contributed by atoms with E-state index in [1.165, 1.54) is 31.4 Å². The smallest absolute Gasteiger partial charge is 0.417 e. The molecule has 2 aromatic carbocycles. The summed E-state index contributed by atoms with van der Waals surface area (Å²) in [5, 5.41) is 3.62. The Morgan fingerprint density at radius 1 is 1.11 bits per heavy atom. The topological polar surface area (TPSA) is 94.4 Å². The Kier molecular flexibility index (Phi) is 7.23. The van der Waals surface area contributed by atoms with Crippen LogP contribution in [0.3, 0.4) is 0 Å². The van der Waals surface area contributed by atoms with Crippen LogP contribution in [-0.2, 0) is 27.5 Å². The van der Waals surface area contributed by atoms with Crippen molar-refractivity contribution in [2.45, 2.75) is 17.6 Å². The molecule has 0 spiro atoms. The third-order valence-corrected chi connectivity index (χ3v) is 7.31. The molecule has 0 amide bonds. The first kappa shape index (κ1) is 26.2. The lowest BCUT2D eigenvalue weighted by molar-refractivity contribution is -0.137. The molecule has 0 unspecified atom stereocenters. The first-order valence-corrected chi connectivity index (χ1v) is 12.4. The average molecular weight is 551 g/mol. The van der Waals surface area contributed by atoms with Crippen LogP contribution in [0.4, 0.5) is 19.0 Å². The van der Waals surface area contributed by atoms with Crippen molar-refractivity contribution in [1.29, 1.82) is 0 Å². The fourth-order valence-electron chi connectivity index (χ4n) is 3.39. The van der Waals surface area contributed by atoms with Crippen LogP contribution in [-0.4, -0.2) is 36.3 Å². The lowest BCUT2D eigenvalue weighted by atomic mass is 10.2. The molecule has 0 saturated heterocycles. The quantitative estimate of drug-likeness (QED) is 0.296. The van der Waals surface area contributed by atoms with Crippen LogP contribution < -0.4 is 4.31 Å². The van der Waals surface area contributed by atoms with Crippen molar-refractivity contribution in [3.8, 4) is 5.69 Å². The molecule has 0 radical (unpaired) electrons. The third kappa shape index (κ3) is 5.59. The summed E-state index contributed by atoms with van der Waals surface area (Å²) in [5.74, 6) is -1.05. The van der Waals surface area contributed by atoms with Gasteiger partial charge >= 0.3 is 12.1 Å². The van der Waals surface area contributed by atoms with Gasteiger partial charge in [0.15, 0.2) is 5.82 Å². The number of anilines is 1. The SMILES string of the molecule is COC(=O)c1ccc(S(=O)(=O)N(Cc2ccc(-n3cccn3)cc2)c2ncc(C(F)(F)F)cc2Cl)cc1. The first-order chi connectivity index (χ1) is 17.5. The Balaban J connectivity index is 1.76. The highest BCUT2D eigenvalue weighted by Crippen LogP contribution is 2.36. The number of alkyl halides is 3. The summed E-state index contributed by atoms with van der Waals surface area (Å²) in [5.41, 5.74) is 0.216. The number of benzene rings is 2. The van der Waals surface area contributed by atoms with E-state index in [4.69, 9.17) is 11.6 Å². The van der Waals surface area contributed by atoms with Gasteiger partial charge in [-0.1, -0.05) is 23.7 Å². The zero-order valence-corrected chi connectivity index (χ0v) is 20.6. The van der Waals surface area contributed by atoms with E-state index in [2.05, 4.69) is 14.8 Å².